The van der Waals surface area contributed by atoms with Crippen LogP contribution in [0.4, 0.5) is 0 Å². The summed E-state index contributed by atoms with van der Waals surface area (Å²) < 4.78 is 0. The van der Waals surface area contributed by atoms with Gasteiger partial charge >= 0.3 is 0 Å². The predicted molar refractivity (Wildman–Crippen MR) is 66.6 cm³/mol. The Kier molecular flexibility index (Phi) is 4.40. The van der Waals surface area contributed by atoms with E-state index in [0.29, 0.717) is 0 Å². The minimum atomic E-state index is 0.0807. The number of hydrogen-bond donors (Lipinski definition) is 1. The summed E-state index contributed by atoms with van der Waals surface area (Å²) in [5.74, 6) is 0.574. The van der Waals surface area contributed by atoms with Gasteiger partial charge in [0.25, 0.3) is 0 Å². The summed E-state index contributed by atoms with van der Waals surface area (Å²) in [7, 11) is 2.10. The second-order valence-corrected chi connectivity index (χ2v) is 5.46. The number of amides is 1. The third-order valence-electron chi connectivity index (χ3n) is 4.28. The Hall–Kier alpha value is -0.610. The van der Waals surface area contributed by atoms with Gasteiger partial charge in [-0.25, -0.2) is 0 Å². The number of likely N-dealkylation sites (N-methyl/N-ethyl adjacent to an activating group) is 1. The molecule has 0 bridgehead atoms. The Labute approximate surface area is 104 Å². The number of aliphatic hydroxyl groups excluding tert-OH is 1. The van der Waals surface area contributed by atoms with Crippen molar-refractivity contribution in [3.63, 3.8) is 0 Å². The van der Waals surface area contributed by atoms with Crippen LogP contribution in [0.5, 0.6) is 0 Å². The van der Waals surface area contributed by atoms with Gasteiger partial charge in [-0.2, -0.15) is 0 Å². The van der Waals surface area contributed by atoms with Gasteiger partial charge in [0.05, 0.1) is 0 Å². The smallest absolute Gasteiger partial charge is 0.226 e. The second kappa shape index (κ2) is 5.83. The van der Waals surface area contributed by atoms with Crippen molar-refractivity contribution in [1.29, 1.82) is 0 Å². The highest BCUT2D eigenvalue weighted by atomic mass is 16.3. The molecule has 4 nitrogen and oxygen atoms in total. The monoisotopic (exact) mass is 240 g/mol. The maximum Gasteiger partial charge on any atom is 0.226 e. The van der Waals surface area contributed by atoms with Crippen molar-refractivity contribution in [3.05, 3.63) is 0 Å². The van der Waals surface area contributed by atoms with Crippen LogP contribution in [0.15, 0.2) is 0 Å². The van der Waals surface area contributed by atoms with E-state index in [0.717, 1.165) is 51.9 Å². The molecule has 4 heteroatoms. The maximum atomic E-state index is 12.4. The van der Waals surface area contributed by atoms with Crippen LogP contribution < -0.4 is 0 Å². The topological polar surface area (TPSA) is 43.8 Å². The van der Waals surface area contributed by atoms with Gasteiger partial charge in [-0.15, -0.1) is 0 Å². The van der Waals surface area contributed by atoms with E-state index in [2.05, 4.69) is 11.9 Å². The Balaban J connectivity index is 1.93. The number of rotatable bonds is 2. The molecule has 2 unspecified atom stereocenters. The van der Waals surface area contributed by atoms with E-state index in [1.54, 1.807) is 0 Å². The SMILES string of the molecule is CN1CCN(C(=O)C2CCCCC2CO)CC1. The van der Waals surface area contributed by atoms with Gasteiger partial charge in [0.15, 0.2) is 0 Å². The zero-order valence-electron chi connectivity index (χ0n) is 10.8. The normalized spacial score (nSPS) is 31.5. The van der Waals surface area contributed by atoms with Gasteiger partial charge in [0.1, 0.15) is 0 Å². The molecule has 1 aliphatic carbocycles. The van der Waals surface area contributed by atoms with Crippen molar-refractivity contribution < 1.29 is 9.90 Å². The van der Waals surface area contributed by atoms with E-state index in [4.69, 9.17) is 0 Å². The first kappa shape index (κ1) is 12.8. The summed E-state index contributed by atoms with van der Waals surface area (Å²) in [6.07, 6.45) is 4.29. The Morgan fingerprint density at radius 1 is 1.18 bits per heavy atom. The first-order chi connectivity index (χ1) is 8.22. The van der Waals surface area contributed by atoms with Crippen molar-refractivity contribution in [1.82, 2.24) is 9.80 Å². The molecule has 2 aliphatic rings. The maximum absolute atomic E-state index is 12.4. The highest BCUT2D eigenvalue weighted by molar-refractivity contribution is 5.79. The van der Waals surface area contributed by atoms with Crippen LogP contribution in [0.1, 0.15) is 25.7 Å². The molecule has 0 aromatic carbocycles. The van der Waals surface area contributed by atoms with E-state index in [1.807, 2.05) is 4.90 Å². The highest BCUT2D eigenvalue weighted by Gasteiger charge is 2.33. The molecular formula is C13H24N2O2. The third-order valence-corrected chi connectivity index (χ3v) is 4.28. The summed E-state index contributed by atoms with van der Waals surface area (Å²) in [5, 5.41) is 9.37. The predicted octanol–water partition coefficient (Wildman–Crippen LogP) is 0.559. The summed E-state index contributed by atoms with van der Waals surface area (Å²) in [6, 6.07) is 0. The minimum absolute atomic E-state index is 0.0807. The third kappa shape index (κ3) is 2.99. The van der Waals surface area contributed by atoms with Crippen LogP contribution in [0.2, 0.25) is 0 Å². The second-order valence-electron chi connectivity index (χ2n) is 5.46. The van der Waals surface area contributed by atoms with Crippen molar-refractivity contribution in [2.24, 2.45) is 11.8 Å². The zero-order chi connectivity index (χ0) is 12.3. The molecule has 17 heavy (non-hydrogen) atoms. The molecule has 0 spiro atoms. The molecule has 2 rings (SSSR count). The molecule has 98 valence electrons. The zero-order valence-corrected chi connectivity index (χ0v) is 10.8. The summed E-state index contributed by atoms with van der Waals surface area (Å²) in [4.78, 5) is 16.7. The lowest BCUT2D eigenvalue weighted by molar-refractivity contribution is -0.140. The van der Waals surface area contributed by atoms with E-state index in [9.17, 15) is 9.90 Å². The van der Waals surface area contributed by atoms with E-state index >= 15 is 0 Å². The summed E-state index contributed by atoms with van der Waals surface area (Å²) >= 11 is 0. The Morgan fingerprint density at radius 2 is 1.82 bits per heavy atom. The molecule has 0 aromatic rings. The number of piperazine rings is 1. The van der Waals surface area contributed by atoms with Crippen molar-refractivity contribution in [3.8, 4) is 0 Å². The van der Waals surface area contributed by atoms with Gasteiger partial charge < -0.3 is 14.9 Å². The molecule has 0 aromatic heterocycles. The molecular weight excluding hydrogens is 216 g/mol. The highest BCUT2D eigenvalue weighted by Crippen LogP contribution is 2.31. The lowest BCUT2D eigenvalue weighted by Crippen LogP contribution is -2.50. The first-order valence-corrected chi connectivity index (χ1v) is 6.80. The Morgan fingerprint density at radius 3 is 2.47 bits per heavy atom. The average molecular weight is 240 g/mol. The lowest BCUT2D eigenvalue weighted by Gasteiger charge is -2.37. The van der Waals surface area contributed by atoms with Crippen LogP contribution in [0.25, 0.3) is 0 Å². The molecule has 1 saturated heterocycles. The van der Waals surface area contributed by atoms with Crippen LogP contribution in [-0.2, 0) is 4.79 Å². The minimum Gasteiger partial charge on any atom is -0.396 e. The van der Waals surface area contributed by atoms with Gasteiger partial charge in [0.2, 0.25) is 5.91 Å². The van der Waals surface area contributed by atoms with Gasteiger partial charge in [0, 0.05) is 38.7 Å². The largest absolute Gasteiger partial charge is 0.396 e. The first-order valence-electron chi connectivity index (χ1n) is 6.80. The molecule has 2 atom stereocenters. The molecule has 0 radical (unpaired) electrons. The molecule has 1 N–H and O–H groups in total. The van der Waals surface area contributed by atoms with Crippen LogP contribution in [0, 0.1) is 11.8 Å². The summed E-state index contributed by atoms with van der Waals surface area (Å²) in [5.41, 5.74) is 0. The van der Waals surface area contributed by atoms with E-state index in [1.165, 1.54) is 0 Å². The Bertz CT molecular complexity index is 262. The van der Waals surface area contributed by atoms with Crippen LogP contribution >= 0.6 is 0 Å². The van der Waals surface area contributed by atoms with Gasteiger partial charge in [-0.05, 0) is 25.8 Å². The molecule has 1 saturated carbocycles. The van der Waals surface area contributed by atoms with Gasteiger partial charge in [-0.1, -0.05) is 12.8 Å². The molecule has 1 aliphatic heterocycles. The van der Waals surface area contributed by atoms with Gasteiger partial charge in [-0.3, -0.25) is 4.79 Å². The molecule has 1 amide bonds. The number of carbonyl (C=O) groups excluding carboxylic acids is 1. The van der Waals surface area contributed by atoms with Crippen LogP contribution in [0.3, 0.4) is 0 Å². The summed E-state index contributed by atoms with van der Waals surface area (Å²) in [6.45, 7) is 3.82. The molecule has 2 fully saturated rings. The number of aliphatic hydroxyl groups is 1. The lowest BCUT2D eigenvalue weighted by atomic mass is 9.79. The fourth-order valence-corrected chi connectivity index (χ4v) is 3.01. The van der Waals surface area contributed by atoms with Crippen molar-refractivity contribution in [2.45, 2.75) is 25.7 Å². The quantitative estimate of drug-likeness (QED) is 0.767. The average Bonchev–Trinajstić information content (AvgIpc) is 2.39. The fourth-order valence-electron chi connectivity index (χ4n) is 3.01. The molecule has 1 heterocycles. The van der Waals surface area contributed by atoms with E-state index in [-0.39, 0.29) is 24.3 Å². The van der Waals surface area contributed by atoms with Crippen molar-refractivity contribution >= 4 is 5.91 Å². The number of carbonyl (C=O) groups is 1. The number of nitrogens with zero attached hydrogens (tertiary/aromatic N) is 2. The standard InChI is InChI=1S/C13H24N2O2/c1-14-6-8-15(9-7-14)13(17)12-5-3-2-4-11(12)10-16/h11-12,16H,2-10H2,1H3. The number of hydrogen-bond acceptors (Lipinski definition) is 3. The van der Waals surface area contributed by atoms with Crippen molar-refractivity contribution in [2.75, 3.05) is 39.8 Å². The van der Waals surface area contributed by atoms with E-state index < -0.39 is 0 Å². The van der Waals surface area contributed by atoms with Crippen LogP contribution in [-0.4, -0.2) is 60.6 Å². The fraction of sp³-hybridized carbons (Fsp3) is 0.923.